The Hall–Kier alpha value is -1.12. The van der Waals surface area contributed by atoms with Gasteiger partial charge >= 0.3 is 0 Å². The van der Waals surface area contributed by atoms with Crippen LogP contribution in [0.25, 0.3) is 0 Å². The van der Waals surface area contributed by atoms with Gasteiger partial charge in [-0.05, 0) is 24.0 Å². The van der Waals surface area contributed by atoms with Crippen LogP contribution < -0.4 is 5.32 Å². The van der Waals surface area contributed by atoms with E-state index in [1.165, 1.54) is 6.42 Å². The van der Waals surface area contributed by atoms with E-state index in [1.807, 2.05) is 12.1 Å². The summed E-state index contributed by atoms with van der Waals surface area (Å²) >= 11 is 0. The van der Waals surface area contributed by atoms with E-state index in [2.05, 4.69) is 29.4 Å². The highest BCUT2D eigenvalue weighted by atomic mass is 15.2. The van der Waals surface area contributed by atoms with Crippen LogP contribution in [0.4, 0.5) is 5.82 Å². The largest absolute Gasteiger partial charge is 0.365 e. The highest BCUT2D eigenvalue weighted by Gasteiger charge is 2.45. The van der Waals surface area contributed by atoms with Crippen LogP contribution in [0.5, 0.6) is 0 Å². The summed E-state index contributed by atoms with van der Waals surface area (Å²) in [6.07, 6.45) is 2.91. The summed E-state index contributed by atoms with van der Waals surface area (Å²) in [5.41, 5.74) is 0.442. The summed E-state index contributed by atoms with van der Waals surface area (Å²) < 4.78 is 0. The molecule has 0 aromatic carbocycles. The fraction of sp³-hybridized carbons (Fsp3) is 0.556. The quantitative estimate of drug-likeness (QED) is 0.721. The Balaban J connectivity index is 1.98. The number of hydrogen-bond donors (Lipinski definition) is 1. The smallest absolute Gasteiger partial charge is 0.148 e. The van der Waals surface area contributed by atoms with Crippen LogP contribution in [0.15, 0.2) is 18.3 Å². The fourth-order valence-electron chi connectivity index (χ4n) is 1.27. The molecule has 1 aromatic heterocycles. The van der Waals surface area contributed by atoms with Gasteiger partial charge in [0.2, 0.25) is 0 Å². The molecule has 1 saturated carbocycles. The van der Waals surface area contributed by atoms with Crippen molar-refractivity contribution < 1.29 is 0 Å². The number of rotatable bonds is 2. The number of anilines is 1. The molecular formula is C9H13N3. The first-order valence-corrected chi connectivity index (χ1v) is 4.23. The number of nitrogens with zero attached hydrogens (tertiary/aromatic N) is 2. The van der Waals surface area contributed by atoms with Crippen LogP contribution >= 0.6 is 0 Å². The lowest BCUT2D eigenvalue weighted by Crippen LogP contribution is -2.09. The van der Waals surface area contributed by atoms with Crippen molar-refractivity contribution >= 4 is 5.82 Å². The topological polar surface area (TPSA) is 37.8 Å². The second-order valence-corrected chi connectivity index (χ2v) is 4.00. The Morgan fingerprint density at radius 2 is 2.33 bits per heavy atom. The number of nitrogens with one attached hydrogen (secondary N) is 1. The van der Waals surface area contributed by atoms with Gasteiger partial charge in [-0.1, -0.05) is 13.8 Å². The van der Waals surface area contributed by atoms with E-state index in [9.17, 15) is 0 Å². The molecule has 0 radical (unpaired) electrons. The summed E-state index contributed by atoms with van der Waals surface area (Å²) in [5, 5.41) is 11.1. The molecule has 0 spiro atoms. The molecule has 0 saturated heterocycles. The average molecular weight is 163 g/mol. The monoisotopic (exact) mass is 163 g/mol. The molecule has 1 fully saturated rings. The van der Waals surface area contributed by atoms with E-state index >= 15 is 0 Å². The molecule has 3 heteroatoms. The normalized spacial score (nSPS) is 25.0. The van der Waals surface area contributed by atoms with E-state index in [4.69, 9.17) is 0 Å². The molecule has 0 amide bonds. The summed E-state index contributed by atoms with van der Waals surface area (Å²) in [7, 11) is 0. The third-order valence-electron chi connectivity index (χ3n) is 2.41. The molecule has 12 heavy (non-hydrogen) atoms. The van der Waals surface area contributed by atoms with E-state index < -0.39 is 0 Å². The Morgan fingerprint density at radius 3 is 2.83 bits per heavy atom. The third-order valence-corrected chi connectivity index (χ3v) is 2.41. The number of aromatic nitrogens is 2. The highest BCUT2D eigenvalue weighted by molar-refractivity contribution is 5.36. The van der Waals surface area contributed by atoms with E-state index in [0.29, 0.717) is 11.5 Å². The van der Waals surface area contributed by atoms with Gasteiger partial charge in [0.1, 0.15) is 5.82 Å². The second-order valence-electron chi connectivity index (χ2n) is 4.00. The molecule has 1 aromatic rings. The SMILES string of the molecule is CC1(C)CC1Nc1cccnn1. The van der Waals surface area contributed by atoms with Crippen molar-refractivity contribution in [3.8, 4) is 0 Å². The minimum atomic E-state index is 0.442. The summed E-state index contributed by atoms with van der Waals surface area (Å²) in [6, 6.07) is 4.42. The molecule has 64 valence electrons. The van der Waals surface area contributed by atoms with Gasteiger partial charge < -0.3 is 5.32 Å². The van der Waals surface area contributed by atoms with Crippen LogP contribution in [0, 0.1) is 5.41 Å². The predicted octanol–water partition coefficient (Wildman–Crippen LogP) is 1.69. The lowest BCUT2D eigenvalue weighted by atomic mass is 10.2. The van der Waals surface area contributed by atoms with E-state index in [1.54, 1.807) is 6.20 Å². The first-order chi connectivity index (χ1) is 5.68. The Morgan fingerprint density at radius 1 is 1.58 bits per heavy atom. The van der Waals surface area contributed by atoms with Crippen molar-refractivity contribution in [3.05, 3.63) is 18.3 Å². The van der Waals surface area contributed by atoms with Gasteiger partial charge in [0.25, 0.3) is 0 Å². The third kappa shape index (κ3) is 1.40. The van der Waals surface area contributed by atoms with E-state index in [0.717, 1.165) is 5.82 Å². The molecule has 0 aliphatic heterocycles. The first-order valence-electron chi connectivity index (χ1n) is 4.23. The van der Waals surface area contributed by atoms with Crippen LogP contribution in [-0.4, -0.2) is 16.2 Å². The van der Waals surface area contributed by atoms with Crippen LogP contribution in [0.1, 0.15) is 20.3 Å². The van der Waals surface area contributed by atoms with E-state index in [-0.39, 0.29) is 0 Å². The zero-order valence-corrected chi connectivity index (χ0v) is 7.41. The molecule has 1 aliphatic rings. The van der Waals surface area contributed by atoms with Crippen molar-refractivity contribution in [2.24, 2.45) is 5.41 Å². The van der Waals surface area contributed by atoms with Crippen molar-refractivity contribution in [1.29, 1.82) is 0 Å². The second kappa shape index (κ2) is 2.44. The molecule has 2 rings (SSSR count). The van der Waals surface area contributed by atoms with Gasteiger partial charge in [-0.25, -0.2) is 0 Å². The molecule has 1 N–H and O–H groups in total. The Kier molecular flexibility index (Phi) is 1.53. The van der Waals surface area contributed by atoms with Crippen molar-refractivity contribution in [2.45, 2.75) is 26.3 Å². The lowest BCUT2D eigenvalue weighted by molar-refractivity contribution is 0.629. The molecule has 1 unspecified atom stereocenters. The highest BCUT2D eigenvalue weighted by Crippen LogP contribution is 2.46. The minimum Gasteiger partial charge on any atom is -0.365 e. The molecule has 1 atom stereocenters. The standard InChI is InChI=1S/C9H13N3/c1-9(2)6-7(9)11-8-4-3-5-10-12-8/h3-5,7H,6H2,1-2H3,(H,11,12). The zero-order chi connectivity index (χ0) is 8.60. The molecule has 1 heterocycles. The van der Waals surface area contributed by atoms with Crippen molar-refractivity contribution in [3.63, 3.8) is 0 Å². The molecule has 3 nitrogen and oxygen atoms in total. The van der Waals surface area contributed by atoms with Crippen molar-refractivity contribution in [1.82, 2.24) is 10.2 Å². The maximum Gasteiger partial charge on any atom is 0.148 e. The first kappa shape index (κ1) is 7.53. The lowest BCUT2D eigenvalue weighted by Gasteiger charge is -2.05. The maximum absolute atomic E-state index is 3.96. The molecule has 0 bridgehead atoms. The van der Waals surface area contributed by atoms with Gasteiger partial charge in [0.15, 0.2) is 0 Å². The van der Waals surface area contributed by atoms with Crippen molar-refractivity contribution in [2.75, 3.05) is 5.32 Å². The van der Waals surface area contributed by atoms with Gasteiger partial charge in [-0.15, -0.1) is 5.10 Å². The van der Waals surface area contributed by atoms with Crippen LogP contribution in [0.3, 0.4) is 0 Å². The number of hydrogen-bond acceptors (Lipinski definition) is 3. The summed E-state index contributed by atoms with van der Waals surface area (Å²) in [5.74, 6) is 0.882. The Bertz CT molecular complexity index is 268. The predicted molar refractivity (Wildman–Crippen MR) is 47.8 cm³/mol. The average Bonchev–Trinajstić information content (AvgIpc) is 2.61. The van der Waals surface area contributed by atoms with Gasteiger partial charge in [0, 0.05) is 12.2 Å². The minimum absolute atomic E-state index is 0.442. The summed E-state index contributed by atoms with van der Waals surface area (Å²) in [4.78, 5) is 0. The fourth-order valence-corrected chi connectivity index (χ4v) is 1.27. The zero-order valence-electron chi connectivity index (χ0n) is 7.41. The van der Waals surface area contributed by atoms with Crippen LogP contribution in [0.2, 0.25) is 0 Å². The molecule has 1 aliphatic carbocycles. The van der Waals surface area contributed by atoms with Gasteiger partial charge in [-0.3, -0.25) is 0 Å². The Labute approximate surface area is 72.2 Å². The maximum atomic E-state index is 3.96. The van der Waals surface area contributed by atoms with Gasteiger partial charge in [0.05, 0.1) is 0 Å². The van der Waals surface area contributed by atoms with Crippen LogP contribution in [-0.2, 0) is 0 Å². The van der Waals surface area contributed by atoms with Gasteiger partial charge in [-0.2, -0.15) is 5.10 Å². The molecular weight excluding hydrogens is 150 g/mol. The summed E-state index contributed by atoms with van der Waals surface area (Å²) in [6.45, 7) is 4.50.